The maximum absolute atomic E-state index is 12.8. The zero-order valence-corrected chi connectivity index (χ0v) is 18.2. The summed E-state index contributed by atoms with van der Waals surface area (Å²) in [5, 5.41) is 10.3. The van der Waals surface area contributed by atoms with Crippen LogP contribution in [0.5, 0.6) is 11.5 Å². The lowest BCUT2D eigenvalue weighted by Crippen LogP contribution is -2.35. The van der Waals surface area contributed by atoms with Crippen LogP contribution in [0.1, 0.15) is 52.2 Å². The van der Waals surface area contributed by atoms with Crippen LogP contribution in [0.4, 0.5) is 0 Å². The number of amides is 2. The summed E-state index contributed by atoms with van der Waals surface area (Å²) in [6.07, 6.45) is 3.23. The van der Waals surface area contributed by atoms with Gasteiger partial charge in [-0.15, -0.1) is 0 Å². The molecule has 0 spiro atoms. The van der Waals surface area contributed by atoms with E-state index in [4.69, 9.17) is 9.47 Å². The van der Waals surface area contributed by atoms with Gasteiger partial charge in [0.25, 0.3) is 11.8 Å². The number of nitrogens with one attached hydrogen (secondary N) is 2. The average Bonchev–Trinajstić information content (AvgIpc) is 3.14. The fourth-order valence-electron chi connectivity index (χ4n) is 3.76. The molecule has 0 fully saturated rings. The zero-order valence-electron chi connectivity index (χ0n) is 18.2. The molecule has 2 amide bonds. The lowest BCUT2D eigenvalue weighted by atomic mass is 9.94. The Bertz CT molecular complexity index is 935. The van der Waals surface area contributed by atoms with Gasteiger partial charge < -0.3 is 20.1 Å². The first-order chi connectivity index (χ1) is 14.3. The molecule has 0 aliphatic carbocycles. The van der Waals surface area contributed by atoms with Crippen molar-refractivity contribution in [2.45, 2.75) is 46.2 Å². The van der Waals surface area contributed by atoms with Crippen molar-refractivity contribution in [3.63, 3.8) is 0 Å². The van der Waals surface area contributed by atoms with Crippen LogP contribution < -0.4 is 20.1 Å². The molecule has 1 aliphatic rings. The average molecular weight is 415 g/mol. The van der Waals surface area contributed by atoms with Gasteiger partial charge in [-0.25, -0.2) is 0 Å². The van der Waals surface area contributed by atoms with Gasteiger partial charge in [0.15, 0.2) is 11.5 Å². The van der Waals surface area contributed by atoms with E-state index in [0.29, 0.717) is 35.6 Å². The minimum atomic E-state index is -0.148. The van der Waals surface area contributed by atoms with Gasteiger partial charge in [0, 0.05) is 24.7 Å². The standard InChI is InChI=1S/C22H30N4O4/c1-13(2)25-22(28)17-12-24-26-7-6-15(9-18(17)26)11-23-21(27)16-10-20(30-5)19(29-4)8-14(16)3/h8,10,12-13,15H,6-7,9,11H2,1-5H3,(H,23,27)(H,25,28). The van der Waals surface area contributed by atoms with E-state index < -0.39 is 0 Å². The van der Waals surface area contributed by atoms with Gasteiger partial charge >= 0.3 is 0 Å². The molecule has 0 radical (unpaired) electrons. The highest BCUT2D eigenvalue weighted by atomic mass is 16.5. The van der Waals surface area contributed by atoms with E-state index in [-0.39, 0.29) is 23.8 Å². The molecular formula is C22H30N4O4. The molecular weight excluding hydrogens is 384 g/mol. The van der Waals surface area contributed by atoms with Crippen molar-refractivity contribution >= 4 is 11.8 Å². The summed E-state index contributed by atoms with van der Waals surface area (Å²) in [5.74, 6) is 1.11. The summed E-state index contributed by atoms with van der Waals surface area (Å²) < 4.78 is 12.5. The molecule has 1 aromatic carbocycles. The first kappa shape index (κ1) is 21.7. The van der Waals surface area contributed by atoms with E-state index in [2.05, 4.69) is 15.7 Å². The highest BCUT2D eigenvalue weighted by Crippen LogP contribution is 2.30. The van der Waals surface area contributed by atoms with E-state index >= 15 is 0 Å². The number of hydrogen-bond acceptors (Lipinski definition) is 5. The molecule has 0 bridgehead atoms. The Hall–Kier alpha value is -3.03. The maximum atomic E-state index is 12.8. The van der Waals surface area contributed by atoms with Crippen molar-refractivity contribution in [3.8, 4) is 11.5 Å². The third-order valence-electron chi connectivity index (χ3n) is 5.37. The fourth-order valence-corrected chi connectivity index (χ4v) is 3.76. The lowest BCUT2D eigenvalue weighted by molar-refractivity contribution is 0.0929. The molecule has 3 rings (SSSR count). The van der Waals surface area contributed by atoms with Gasteiger partial charge in [-0.05, 0) is 57.2 Å². The Labute approximate surface area is 176 Å². The van der Waals surface area contributed by atoms with Gasteiger partial charge in [-0.2, -0.15) is 5.10 Å². The van der Waals surface area contributed by atoms with Crippen LogP contribution in [0, 0.1) is 12.8 Å². The second-order valence-electron chi connectivity index (χ2n) is 7.95. The van der Waals surface area contributed by atoms with E-state index in [1.54, 1.807) is 32.5 Å². The van der Waals surface area contributed by atoms with Crippen LogP contribution in [0.15, 0.2) is 18.3 Å². The fraction of sp³-hybridized carbons (Fsp3) is 0.500. The third kappa shape index (κ3) is 4.58. The largest absolute Gasteiger partial charge is 0.493 e. The van der Waals surface area contributed by atoms with Crippen molar-refractivity contribution in [2.24, 2.45) is 5.92 Å². The van der Waals surface area contributed by atoms with Crippen molar-refractivity contribution < 1.29 is 19.1 Å². The zero-order chi connectivity index (χ0) is 21.8. The van der Waals surface area contributed by atoms with E-state index in [0.717, 1.165) is 24.2 Å². The maximum Gasteiger partial charge on any atom is 0.254 e. The highest BCUT2D eigenvalue weighted by Gasteiger charge is 2.26. The van der Waals surface area contributed by atoms with Crippen molar-refractivity contribution in [1.82, 2.24) is 20.4 Å². The number of aromatic nitrogens is 2. The minimum Gasteiger partial charge on any atom is -0.493 e. The molecule has 162 valence electrons. The summed E-state index contributed by atoms with van der Waals surface area (Å²) in [6, 6.07) is 3.57. The molecule has 1 aliphatic heterocycles. The minimum absolute atomic E-state index is 0.0662. The molecule has 1 atom stereocenters. The van der Waals surface area contributed by atoms with Crippen LogP contribution in [0.2, 0.25) is 0 Å². The molecule has 0 saturated carbocycles. The molecule has 2 aromatic rings. The lowest BCUT2D eigenvalue weighted by Gasteiger charge is -2.24. The molecule has 30 heavy (non-hydrogen) atoms. The van der Waals surface area contributed by atoms with E-state index in [9.17, 15) is 9.59 Å². The monoisotopic (exact) mass is 414 g/mol. The summed E-state index contributed by atoms with van der Waals surface area (Å²) in [5.41, 5.74) is 2.93. The van der Waals surface area contributed by atoms with Crippen molar-refractivity contribution in [1.29, 1.82) is 0 Å². The second-order valence-corrected chi connectivity index (χ2v) is 7.95. The van der Waals surface area contributed by atoms with Crippen LogP contribution in [0.25, 0.3) is 0 Å². The SMILES string of the molecule is COc1cc(C)c(C(=O)NCC2CCn3ncc(C(=O)NC(C)C)c3C2)cc1OC. The molecule has 1 aromatic heterocycles. The molecule has 1 unspecified atom stereocenters. The number of rotatable bonds is 7. The van der Waals surface area contributed by atoms with E-state index in [1.165, 1.54) is 0 Å². The van der Waals surface area contributed by atoms with Gasteiger partial charge in [0.05, 0.1) is 31.7 Å². The van der Waals surface area contributed by atoms with Crippen molar-refractivity contribution in [3.05, 3.63) is 40.7 Å². The summed E-state index contributed by atoms with van der Waals surface area (Å²) in [4.78, 5) is 25.2. The molecule has 8 heteroatoms. The van der Waals surface area contributed by atoms with Gasteiger partial charge in [-0.1, -0.05) is 0 Å². The number of carbonyl (C=O) groups is 2. The van der Waals surface area contributed by atoms with Gasteiger partial charge in [-0.3, -0.25) is 14.3 Å². The predicted molar refractivity (Wildman–Crippen MR) is 113 cm³/mol. The molecule has 2 heterocycles. The molecule has 2 N–H and O–H groups in total. The number of methoxy groups -OCH3 is 2. The predicted octanol–water partition coefficient (Wildman–Crippen LogP) is 2.34. The molecule has 8 nitrogen and oxygen atoms in total. The summed E-state index contributed by atoms with van der Waals surface area (Å²) in [6.45, 7) is 7.00. The number of benzene rings is 1. The number of ether oxygens (including phenoxy) is 2. The highest BCUT2D eigenvalue weighted by molar-refractivity contribution is 5.96. The van der Waals surface area contributed by atoms with Crippen LogP contribution in [-0.2, 0) is 13.0 Å². The van der Waals surface area contributed by atoms with Crippen LogP contribution >= 0.6 is 0 Å². The Morgan fingerprint density at radius 3 is 2.53 bits per heavy atom. The Morgan fingerprint density at radius 2 is 1.87 bits per heavy atom. The summed E-state index contributed by atoms with van der Waals surface area (Å²) >= 11 is 0. The Balaban J connectivity index is 1.66. The summed E-state index contributed by atoms with van der Waals surface area (Å²) in [7, 11) is 3.12. The Morgan fingerprint density at radius 1 is 1.17 bits per heavy atom. The van der Waals surface area contributed by atoms with Gasteiger partial charge in [0.1, 0.15) is 0 Å². The smallest absolute Gasteiger partial charge is 0.254 e. The quantitative estimate of drug-likeness (QED) is 0.725. The first-order valence-corrected chi connectivity index (χ1v) is 10.2. The van der Waals surface area contributed by atoms with E-state index in [1.807, 2.05) is 25.5 Å². The second kappa shape index (κ2) is 9.19. The Kier molecular flexibility index (Phi) is 6.64. The number of fused-ring (bicyclic) bond motifs is 1. The van der Waals surface area contributed by atoms with Crippen LogP contribution in [0.3, 0.4) is 0 Å². The number of hydrogen-bond donors (Lipinski definition) is 2. The third-order valence-corrected chi connectivity index (χ3v) is 5.37. The topological polar surface area (TPSA) is 94.5 Å². The van der Waals surface area contributed by atoms with Crippen molar-refractivity contribution in [2.75, 3.05) is 20.8 Å². The first-order valence-electron chi connectivity index (χ1n) is 10.2. The normalized spacial score (nSPS) is 15.5. The van der Waals surface area contributed by atoms with Gasteiger partial charge in [0.2, 0.25) is 0 Å². The van der Waals surface area contributed by atoms with Crippen LogP contribution in [-0.4, -0.2) is 48.4 Å². The number of carbonyl (C=O) groups excluding carboxylic acids is 2. The molecule has 0 saturated heterocycles. The number of aryl methyl sites for hydroxylation is 2. The number of nitrogens with zero attached hydrogens (tertiary/aromatic N) is 2.